The predicted octanol–water partition coefficient (Wildman–Crippen LogP) is 11.7. The highest BCUT2D eigenvalue weighted by Crippen LogP contribution is 2.56. The highest BCUT2D eigenvalue weighted by atomic mass is 16.5. The lowest BCUT2D eigenvalue weighted by Crippen LogP contribution is -2.42. The third-order valence-electron chi connectivity index (χ3n) is 16.7. The molecule has 1 saturated carbocycles. The van der Waals surface area contributed by atoms with Crippen molar-refractivity contribution in [2.45, 2.75) is 129 Å². The van der Waals surface area contributed by atoms with Gasteiger partial charge in [-0.15, -0.1) is 0 Å². The summed E-state index contributed by atoms with van der Waals surface area (Å²) in [5, 5.41) is 30.6. The van der Waals surface area contributed by atoms with E-state index >= 15 is 0 Å². The monoisotopic (exact) mass is 994 g/mol. The van der Waals surface area contributed by atoms with Crippen molar-refractivity contribution in [3.63, 3.8) is 0 Å². The largest absolute Gasteiger partial charge is 0.496 e. The van der Waals surface area contributed by atoms with Gasteiger partial charge in [-0.05, 0) is 69.4 Å². The number of nitrogens with zero attached hydrogens (tertiary/aromatic N) is 4. The number of carbonyl (C=O) groups excluding carboxylic acids is 3. The molecule has 382 valence electrons. The molecule has 14 heteroatoms. The summed E-state index contributed by atoms with van der Waals surface area (Å²) in [6.45, 7) is 10.5. The summed E-state index contributed by atoms with van der Waals surface area (Å²) in [6, 6.07) is 27.9. The van der Waals surface area contributed by atoms with Crippen LogP contribution in [-0.2, 0) is 26.3 Å². The Bertz CT molecular complexity index is 3260. The first kappa shape index (κ1) is 48.8. The van der Waals surface area contributed by atoms with Crippen LogP contribution in [-0.4, -0.2) is 61.7 Å². The molecule has 3 unspecified atom stereocenters. The molecule has 0 radical (unpaired) electrons. The first-order valence-corrected chi connectivity index (χ1v) is 26.2. The standard InChI is InChI=1S/C41H44N6O4.C13H17N3O.C6H6/c1-23-33-35(25-13-7-9-15-32(25)51-4)37-28(19-41(21-30(37)49)16-10-5-11-17-41)44-39(33)46-47(23)40(2)18-27-36(29(48)20-40)34(26-22-42-45-38(26)43-27)24-12-6-8-14-31(24)50-3;1-7-8-4-9-10(14-12(8)16-15-7)5-13(2,3)6-11(9)17;1-2-4-6-5-3-1/h6-9,12-15,22,34-35H,5,10-11,16-21H2,1-4H3,(H,44,46)(H2,42,43,45);4-6H2,1-3H3,(H2,14,15,16);1-6H. The normalized spacial score (nSPS) is 22.9. The van der Waals surface area contributed by atoms with Gasteiger partial charge in [0.2, 0.25) is 0 Å². The number of allylic oxidation sites excluding steroid dienone is 6. The van der Waals surface area contributed by atoms with E-state index in [4.69, 9.17) is 14.6 Å². The van der Waals surface area contributed by atoms with Crippen molar-refractivity contribution in [2.75, 3.05) is 30.2 Å². The van der Waals surface area contributed by atoms with Gasteiger partial charge in [-0.2, -0.15) is 15.3 Å². The molecule has 3 aromatic carbocycles. The van der Waals surface area contributed by atoms with Gasteiger partial charge in [0.25, 0.3) is 0 Å². The van der Waals surface area contributed by atoms with E-state index in [0.717, 1.165) is 134 Å². The zero-order valence-electron chi connectivity index (χ0n) is 43.6. The van der Waals surface area contributed by atoms with Gasteiger partial charge in [-0.1, -0.05) is 106 Å². The molecular weight excluding hydrogens is 927 g/mol. The zero-order valence-corrected chi connectivity index (χ0v) is 43.6. The lowest BCUT2D eigenvalue weighted by molar-refractivity contribution is -0.120. The van der Waals surface area contributed by atoms with Crippen LogP contribution in [0.5, 0.6) is 11.5 Å². The molecule has 14 nitrogen and oxygen atoms in total. The van der Waals surface area contributed by atoms with Gasteiger partial charge in [0.05, 0.1) is 26.0 Å². The zero-order chi connectivity index (χ0) is 51.5. The van der Waals surface area contributed by atoms with Crippen LogP contribution in [0.4, 0.5) is 17.5 Å². The van der Waals surface area contributed by atoms with E-state index < -0.39 is 5.54 Å². The summed E-state index contributed by atoms with van der Waals surface area (Å²) in [5.74, 6) is 3.83. The average molecular weight is 994 g/mol. The van der Waals surface area contributed by atoms with Crippen molar-refractivity contribution in [2.24, 2.45) is 10.8 Å². The number of carbonyl (C=O) groups is 3. The molecule has 74 heavy (non-hydrogen) atoms. The molecule has 3 aliphatic heterocycles. The van der Waals surface area contributed by atoms with Crippen LogP contribution in [0, 0.1) is 24.7 Å². The average Bonchev–Trinajstić information content (AvgIpc) is 4.11. The molecular formula is C60H67N9O5. The Morgan fingerprint density at radius 1 is 0.608 bits per heavy atom. The van der Waals surface area contributed by atoms with Crippen LogP contribution in [0.2, 0.25) is 0 Å². The molecule has 6 heterocycles. The molecule has 0 saturated heterocycles. The minimum absolute atomic E-state index is 0.00238. The highest BCUT2D eigenvalue weighted by Gasteiger charge is 2.50. The summed E-state index contributed by atoms with van der Waals surface area (Å²) in [5.41, 5.74) is 11.7. The Kier molecular flexibility index (Phi) is 12.6. The van der Waals surface area contributed by atoms with E-state index in [1.165, 1.54) is 19.3 Å². The smallest absolute Gasteiger partial charge is 0.163 e. The van der Waals surface area contributed by atoms with Gasteiger partial charge in [-0.25, -0.2) is 0 Å². The fourth-order valence-electron chi connectivity index (χ4n) is 13.3. The quantitative estimate of drug-likeness (QED) is 0.111. The molecule has 13 rings (SSSR count). The number of aromatic nitrogens is 6. The van der Waals surface area contributed by atoms with Crippen molar-refractivity contribution in [3.05, 3.63) is 164 Å². The number of H-pyrrole nitrogens is 2. The molecule has 3 aromatic heterocycles. The van der Waals surface area contributed by atoms with E-state index in [9.17, 15) is 14.4 Å². The first-order chi connectivity index (χ1) is 35.7. The molecule has 3 atom stereocenters. The first-order valence-electron chi connectivity index (χ1n) is 26.2. The van der Waals surface area contributed by atoms with Gasteiger partial charge in [0, 0.05) is 117 Å². The molecule has 5 N–H and O–H groups in total. The maximum atomic E-state index is 14.6. The number of fused-ring (bicyclic) bond motifs is 3. The van der Waals surface area contributed by atoms with Crippen molar-refractivity contribution in [3.8, 4) is 11.5 Å². The second-order valence-electron chi connectivity index (χ2n) is 22.5. The molecule has 7 aliphatic rings. The number of benzene rings is 3. The summed E-state index contributed by atoms with van der Waals surface area (Å²) in [6.07, 6.45) is 12.1. The fourth-order valence-corrected chi connectivity index (χ4v) is 13.3. The number of ether oxygens (including phenoxy) is 2. The van der Waals surface area contributed by atoms with Crippen LogP contribution in [0.1, 0.15) is 142 Å². The lowest BCUT2D eigenvalue weighted by Gasteiger charge is -2.44. The maximum absolute atomic E-state index is 14.6. The summed E-state index contributed by atoms with van der Waals surface area (Å²) >= 11 is 0. The molecule has 1 spiro atoms. The van der Waals surface area contributed by atoms with Crippen molar-refractivity contribution >= 4 is 34.8 Å². The highest BCUT2D eigenvalue weighted by molar-refractivity contribution is 6.03. The van der Waals surface area contributed by atoms with E-state index in [-0.39, 0.29) is 46.4 Å². The van der Waals surface area contributed by atoms with Crippen molar-refractivity contribution < 1.29 is 23.9 Å². The van der Waals surface area contributed by atoms with Crippen LogP contribution in [0.3, 0.4) is 0 Å². The van der Waals surface area contributed by atoms with Crippen molar-refractivity contribution in [1.82, 2.24) is 30.2 Å². The van der Waals surface area contributed by atoms with Gasteiger partial charge in [0.15, 0.2) is 29.0 Å². The third kappa shape index (κ3) is 8.65. The molecule has 4 aliphatic carbocycles. The number of anilines is 3. The van der Waals surface area contributed by atoms with E-state index in [1.54, 1.807) is 20.4 Å². The van der Waals surface area contributed by atoms with Gasteiger partial charge < -0.3 is 25.4 Å². The second-order valence-corrected chi connectivity index (χ2v) is 22.5. The van der Waals surface area contributed by atoms with Crippen molar-refractivity contribution in [1.29, 1.82) is 0 Å². The second kappa shape index (κ2) is 19.1. The minimum atomic E-state index is -0.685. The third-order valence-corrected chi connectivity index (χ3v) is 16.7. The minimum Gasteiger partial charge on any atom is -0.496 e. The summed E-state index contributed by atoms with van der Waals surface area (Å²) < 4.78 is 13.8. The number of methoxy groups -OCH3 is 2. The number of hydrogen-bond donors (Lipinski definition) is 5. The number of para-hydroxylation sites is 2. The number of aromatic amines is 2. The van der Waals surface area contributed by atoms with Gasteiger partial charge in [0.1, 0.15) is 17.3 Å². The molecule has 0 amide bonds. The number of aryl methyl sites for hydroxylation is 1. The molecule has 0 bridgehead atoms. The Morgan fingerprint density at radius 3 is 1.89 bits per heavy atom. The number of rotatable bonds is 5. The topological polar surface area (TPSA) is 181 Å². The fraction of sp³-hybridized carbons (Fsp3) is 0.400. The lowest BCUT2D eigenvalue weighted by atomic mass is 9.62. The number of ketones is 3. The summed E-state index contributed by atoms with van der Waals surface area (Å²) in [4.78, 5) is 41.1. The van der Waals surface area contributed by atoms with E-state index in [1.807, 2.05) is 85.8 Å². The van der Waals surface area contributed by atoms with E-state index in [0.29, 0.717) is 19.3 Å². The SMILES string of the molecule is COc1ccccc1C1C2=C(CC(C)(n3nc4c(c3C)C(c3ccccc3OC)C3=C(CC5(CCCCC5)CC3=O)N4)CC2=O)Nc2[nH]ncc21.Cc1[nH]nc2c1CC1=C(CC(C)(C)CC1=O)N2.c1ccccc1. The number of hydrogen-bond acceptors (Lipinski definition) is 11. The Hall–Kier alpha value is -7.48. The van der Waals surface area contributed by atoms with Crippen LogP contribution >= 0.6 is 0 Å². The van der Waals surface area contributed by atoms with Crippen LogP contribution in [0.15, 0.2) is 125 Å². The molecule has 1 fully saturated rings. The summed E-state index contributed by atoms with van der Waals surface area (Å²) in [7, 11) is 3.35. The maximum Gasteiger partial charge on any atom is 0.163 e. The Labute approximate surface area is 432 Å². The Balaban J connectivity index is 0.000000209. The Morgan fingerprint density at radius 2 is 1.22 bits per heavy atom. The van der Waals surface area contributed by atoms with Crippen LogP contribution in [0.25, 0.3) is 0 Å². The van der Waals surface area contributed by atoms with Gasteiger partial charge in [-0.3, -0.25) is 29.3 Å². The van der Waals surface area contributed by atoms with Gasteiger partial charge >= 0.3 is 0 Å². The van der Waals surface area contributed by atoms with Crippen LogP contribution < -0.4 is 25.4 Å². The number of nitrogens with one attached hydrogen (secondary N) is 5. The predicted molar refractivity (Wildman–Crippen MR) is 286 cm³/mol. The number of Topliss-reactive ketones (excluding diaryl/α,β-unsaturated/α-hetero) is 3. The van der Waals surface area contributed by atoms with E-state index in [2.05, 4.69) is 74.8 Å². The molecule has 6 aromatic rings.